The zero-order valence-corrected chi connectivity index (χ0v) is 17.8. The van der Waals surface area contributed by atoms with E-state index < -0.39 is 11.7 Å². The van der Waals surface area contributed by atoms with E-state index in [0.29, 0.717) is 12.1 Å². The SMILES string of the molecule is CSc1ccc(C)c(C(=O)N2CC(N(C)CC(=O)OC(C)(C)C)[C@H](O)C2)c1. The van der Waals surface area contributed by atoms with Crippen LogP contribution in [0.25, 0.3) is 0 Å². The average Bonchev–Trinajstić information content (AvgIpc) is 2.94. The van der Waals surface area contributed by atoms with E-state index in [4.69, 9.17) is 4.74 Å². The molecule has 0 bridgehead atoms. The first kappa shape index (κ1) is 21.7. The molecule has 0 radical (unpaired) electrons. The van der Waals surface area contributed by atoms with Crippen molar-refractivity contribution in [3.8, 4) is 0 Å². The van der Waals surface area contributed by atoms with Crippen molar-refractivity contribution in [1.82, 2.24) is 9.80 Å². The molecule has 1 amide bonds. The molecule has 0 aromatic heterocycles. The van der Waals surface area contributed by atoms with E-state index in [1.807, 2.05) is 52.1 Å². The van der Waals surface area contributed by atoms with Crippen LogP contribution in [0.2, 0.25) is 0 Å². The van der Waals surface area contributed by atoms with Crippen molar-refractivity contribution in [1.29, 1.82) is 0 Å². The van der Waals surface area contributed by atoms with Crippen molar-refractivity contribution < 1.29 is 19.4 Å². The summed E-state index contributed by atoms with van der Waals surface area (Å²) >= 11 is 1.59. The summed E-state index contributed by atoms with van der Waals surface area (Å²) in [5.41, 5.74) is 1.02. The van der Waals surface area contributed by atoms with Gasteiger partial charge in [-0.25, -0.2) is 0 Å². The molecule has 1 N–H and O–H groups in total. The third-order valence-electron chi connectivity index (χ3n) is 4.59. The number of carbonyl (C=O) groups is 2. The molecule has 1 aromatic carbocycles. The Morgan fingerprint density at radius 2 is 2.00 bits per heavy atom. The Balaban J connectivity index is 2.05. The number of β-amino-alcohol motifs (C(OH)–C–C–N with tert-alkyl or cyclic N) is 1. The highest BCUT2D eigenvalue weighted by atomic mass is 32.2. The Morgan fingerprint density at radius 3 is 2.59 bits per heavy atom. The first-order valence-electron chi connectivity index (χ1n) is 9.06. The van der Waals surface area contributed by atoms with Crippen LogP contribution in [-0.2, 0) is 9.53 Å². The molecule has 1 aliphatic heterocycles. The molecule has 2 rings (SSSR count). The molecule has 1 heterocycles. The van der Waals surface area contributed by atoms with Crippen molar-refractivity contribution in [2.24, 2.45) is 0 Å². The highest BCUT2D eigenvalue weighted by Gasteiger charge is 2.38. The number of rotatable bonds is 5. The van der Waals surface area contributed by atoms with Gasteiger partial charge in [-0.2, -0.15) is 0 Å². The second kappa shape index (κ2) is 8.63. The zero-order chi connectivity index (χ0) is 20.4. The number of hydrogen-bond donors (Lipinski definition) is 1. The van der Waals surface area contributed by atoms with Crippen LogP contribution in [0.3, 0.4) is 0 Å². The van der Waals surface area contributed by atoms with Gasteiger partial charge in [0.2, 0.25) is 0 Å². The average molecular weight is 395 g/mol. The summed E-state index contributed by atoms with van der Waals surface area (Å²) in [6.45, 7) is 8.08. The van der Waals surface area contributed by atoms with Crippen molar-refractivity contribution in [3.05, 3.63) is 29.3 Å². The van der Waals surface area contributed by atoms with E-state index >= 15 is 0 Å². The number of ether oxygens (including phenoxy) is 1. The monoisotopic (exact) mass is 394 g/mol. The van der Waals surface area contributed by atoms with Gasteiger partial charge in [0.25, 0.3) is 5.91 Å². The number of aliphatic hydroxyl groups is 1. The number of aryl methyl sites for hydroxylation is 1. The van der Waals surface area contributed by atoms with E-state index in [0.717, 1.165) is 10.5 Å². The summed E-state index contributed by atoms with van der Waals surface area (Å²) in [7, 11) is 1.77. The number of esters is 1. The molecule has 1 unspecified atom stereocenters. The van der Waals surface area contributed by atoms with Gasteiger partial charge in [0.05, 0.1) is 18.7 Å². The molecule has 1 aromatic rings. The predicted molar refractivity (Wildman–Crippen MR) is 107 cm³/mol. The van der Waals surface area contributed by atoms with Gasteiger partial charge >= 0.3 is 5.97 Å². The minimum absolute atomic E-state index is 0.0714. The van der Waals surface area contributed by atoms with Gasteiger partial charge in [0.15, 0.2) is 0 Å². The quantitative estimate of drug-likeness (QED) is 0.610. The van der Waals surface area contributed by atoms with Crippen molar-refractivity contribution in [2.45, 2.75) is 50.3 Å². The molecule has 27 heavy (non-hydrogen) atoms. The van der Waals surface area contributed by atoms with Gasteiger partial charge in [0.1, 0.15) is 5.60 Å². The summed E-state index contributed by atoms with van der Waals surface area (Å²) < 4.78 is 5.34. The molecule has 150 valence electrons. The van der Waals surface area contributed by atoms with Gasteiger partial charge in [-0.15, -0.1) is 11.8 Å². The fraction of sp³-hybridized carbons (Fsp3) is 0.600. The van der Waals surface area contributed by atoms with Crippen molar-refractivity contribution >= 4 is 23.6 Å². The molecule has 7 heteroatoms. The Bertz CT molecular complexity index is 702. The second-order valence-electron chi connectivity index (χ2n) is 8.03. The third-order valence-corrected chi connectivity index (χ3v) is 5.31. The number of nitrogens with zero attached hydrogens (tertiary/aromatic N) is 2. The Hall–Kier alpha value is -1.57. The van der Waals surface area contributed by atoms with Gasteiger partial charge in [0, 0.05) is 23.5 Å². The number of amides is 1. The molecule has 2 atom stereocenters. The minimum atomic E-state index is -0.703. The smallest absolute Gasteiger partial charge is 0.320 e. The maximum absolute atomic E-state index is 13.0. The maximum atomic E-state index is 13.0. The first-order valence-corrected chi connectivity index (χ1v) is 10.3. The number of benzene rings is 1. The lowest BCUT2D eigenvalue weighted by Crippen LogP contribution is -2.44. The van der Waals surface area contributed by atoms with Gasteiger partial charge in [-0.1, -0.05) is 6.07 Å². The molecular formula is C20H30N2O4S. The van der Waals surface area contributed by atoms with E-state index in [1.165, 1.54) is 0 Å². The fourth-order valence-corrected chi connectivity index (χ4v) is 3.63. The van der Waals surface area contributed by atoms with E-state index in [1.54, 1.807) is 28.6 Å². The summed E-state index contributed by atoms with van der Waals surface area (Å²) in [5, 5.41) is 10.4. The first-order chi connectivity index (χ1) is 12.5. The molecule has 0 spiro atoms. The number of carbonyl (C=O) groups excluding carboxylic acids is 2. The minimum Gasteiger partial charge on any atom is -0.459 e. The summed E-state index contributed by atoms with van der Waals surface area (Å²) in [6.07, 6.45) is 1.27. The second-order valence-corrected chi connectivity index (χ2v) is 8.91. The highest BCUT2D eigenvalue weighted by molar-refractivity contribution is 7.98. The Morgan fingerprint density at radius 1 is 1.33 bits per heavy atom. The lowest BCUT2D eigenvalue weighted by Gasteiger charge is -2.27. The molecule has 1 saturated heterocycles. The lowest BCUT2D eigenvalue weighted by atomic mass is 10.1. The number of aliphatic hydroxyl groups excluding tert-OH is 1. The number of likely N-dealkylation sites (tertiary alicyclic amines) is 1. The van der Waals surface area contributed by atoms with E-state index in [2.05, 4.69) is 0 Å². The summed E-state index contributed by atoms with van der Waals surface area (Å²) in [6, 6.07) is 5.53. The Labute approximate surface area is 165 Å². The van der Waals surface area contributed by atoms with Crippen molar-refractivity contribution in [2.75, 3.05) is 32.9 Å². The topological polar surface area (TPSA) is 70.1 Å². The maximum Gasteiger partial charge on any atom is 0.320 e. The van der Waals surface area contributed by atoms with Crippen LogP contribution in [0.4, 0.5) is 0 Å². The van der Waals surface area contributed by atoms with Crippen LogP contribution in [0.15, 0.2) is 23.1 Å². The van der Waals surface area contributed by atoms with Gasteiger partial charge in [-0.05, 0) is 58.7 Å². The largest absolute Gasteiger partial charge is 0.459 e. The van der Waals surface area contributed by atoms with Crippen LogP contribution in [0.5, 0.6) is 0 Å². The fourth-order valence-electron chi connectivity index (χ4n) is 3.19. The van der Waals surface area contributed by atoms with Crippen LogP contribution < -0.4 is 0 Å². The lowest BCUT2D eigenvalue weighted by molar-refractivity contribution is -0.156. The van der Waals surface area contributed by atoms with Crippen molar-refractivity contribution in [3.63, 3.8) is 0 Å². The molecule has 0 aliphatic carbocycles. The van der Waals surface area contributed by atoms with Crippen LogP contribution in [-0.4, -0.2) is 77.5 Å². The molecule has 1 aliphatic rings. The number of thioether (sulfide) groups is 1. The predicted octanol–water partition coefficient (Wildman–Crippen LogP) is 2.18. The normalized spacial score (nSPS) is 20.2. The zero-order valence-electron chi connectivity index (χ0n) is 17.0. The number of likely N-dealkylation sites (N-methyl/N-ethyl adjacent to an activating group) is 1. The molecule has 0 saturated carbocycles. The summed E-state index contributed by atoms with van der Waals surface area (Å²) in [4.78, 5) is 29.5. The van der Waals surface area contributed by atoms with Crippen LogP contribution >= 0.6 is 11.8 Å². The molecule has 6 nitrogen and oxygen atoms in total. The van der Waals surface area contributed by atoms with E-state index in [-0.39, 0.29) is 31.0 Å². The van der Waals surface area contributed by atoms with E-state index in [9.17, 15) is 14.7 Å². The summed E-state index contributed by atoms with van der Waals surface area (Å²) in [5.74, 6) is -0.430. The number of hydrogen-bond acceptors (Lipinski definition) is 6. The van der Waals surface area contributed by atoms with Gasteiger partial charge in [-0.3, -0.25) is 14.5 Å². The molecular weight excluding hydrogens is 364 g/mol. The standard InChI is InChI=1S/C20H30N2O4S/c1-13-7-8-14(27-6)9-15(13)19(25)22-10-16(17(23)11-22)21(5)12-18(24)26-20(2,3)4/h7-9,16-17,23H,10-12H2,1-6H3/t16?,17-/m1/s1. The van der Waals surface area contributed by atoms with Crippen LogP contribution in [0, 0.1) is 6.92 Å². The van der Waals surface area contributed by atoms with Gasteiger partial charge < -0.3 is 14.7 Å². The molecule has 1 fully saturated rings. The highest BCUT2D eigenvalue weighted by Crippen LogP contribution is 2.23. The van der Waals surface area contributed by atoms with Crippen LogP contribution in [0.1, 0.15) is 36.7 Å². The third kappa shape index (κ3) is 5.70. The Kier molecular flexibility index (Phi) is 6.94.